The lowest BCUT2D eigenvalue weighted by molar-refractivity contribution is 0.268. The van der Waals surface area contributed by atoms with E-state index in [0.717, 1.165) is 25.1 Å². The third-order valence-electron chi connectivity index (χ3n) is 4.00. The third-order valence-corrected chi connectivity index (χ3v) is 4.00. The van der Waals surface area contributed by atoms with Crippen LogP contribution in [0.1, 0.15) is 31.4 Å². The minimum atomic E-state index is -0.264. The molecular formula is C15H21FIN3O. The number of guanidine groups is 1. The summed E-state index contributed by atoms with van der Waals surface area (Å²) in [5.41, 5.74) is 6.90. The van der Waals surface area contributed by atoms with Gasteiger partial charge in [-0.25, -0.2) is 9.38 Å². The molecule has 0 aromatic heterocycles. The topological polar surface area (TPSA) is 50.8 Å². The number of hydrogen-bond donors (Lipinski definition) is 1. The summed E-state index contributed by atoms with van der Waals surface area (Å²) in [7, 11) is 0. The Hall–Kier alpha value is -1.05. The Morgan fingerprint density at radius 1 is 1.48 bits per heavy atom. The summed E-state index contributed by atoms with van der Waals surface area (Å²) < 4.78 is 18.9. The maximum Gasteiger partial charge on any atom is 0.192 e. The van der Waals surface area contributed by atoms with Gasteiger partial charge >= 0.3 is 0 Å². The molecule has 2 atom stereocenters. The van der Waals surface area contributed by atoms with Crippen LogP contribution in [0.4, 0.5) is 4.39 Å². The molecule has 21 heavy (non-hydrogen) atoms. The zero-order valence-corrected chi connectivity index (χ0v) is 14.4. The Labute approximate surface area is 141 Å². The van der Waals surface area contributed by atoms with Crippen LogP contribution in [0.25, 0.3) is 0 Å². The van der Waals surface area contributed by atoms with E-state index >= 15 is 0 Å². The van der Waals surface area contributed by atoms with Crippen molar-refractivity contribution in [3.8, 4) is 5.75 Å². The molecule has 1 saturated heterocycles. The van der Waals surface area contributed by atoms with Gasteiger partial charge in [-0.2, -0.15) is 0 Å². The standard InChI is InChI=1S/C15H20FN3O.HI/c1-10-3-2-6-19(8-10)15(17)18-13-9-20-14-5-4-11(16)7-12(13)14;/h4-5,7,10,13H,2-3,6,8-9H2,1H3,(H2,17,18);1H. The highest BCUT2D eigenvalue weighted by molar-refractivity contribution is 14.0. The molecule has 6 heteroatoms. The maximum absolute atomic E-state index is 13.3. The minimum absolute atomic E-state index is 0. The van der Waals surface area contributed by atoms with Crippen molar-refractivity contribution in [1.82, 2.24) is 4.90 Å². The van der Waals surface area contributed by atoms with E-state index < -0.39 is 0 Å². The number of ether oxygens (including phenoxy) is 1. The summed E-state index contributed by atoms with van der Waals surface area (Å²) in [6, 6.07) is 4.35. The molecule has 0 radical (unpaired) electrons. The van der Waals surface area contributed by atoms with Crippen LogP contribution in [0.15, 0.2) is 23.2 Å². The van der Waals surface area contributed by atoms with Gasteiger partial charge in [0.25, 0.3) is 0 Å². The first-order valence-electron chi connectivity index (χ1n) is 7.14. The van der Waals surface area contributed by atoms with E-state index in [4.69, 9.17) is 10.5 Å². The molecule has 2 heterocycles. The molecule has 2 N–H and O–H groups in total. The second-order valence-corrected chi connectivity index (χ2v) is 5.69. The van der Waals surface area contributed by atoms with Gasteiger partial charge in [0.2, 0.25) is 0 Å². The van der Waals surface area contributed by atoms with Crippen molar-refractivity contribution in [2.75, 3.05) is 19.7 Å². The van der Waals surface area contributed by atoms with Crippen molar-refractivity contribution in [1.29, 1.82) is 0 Å². The number of piperidine rings is 1. The number of aliphatic imine (C=N–C) groups is 1. The van der Waals surface area contributed by atoms with E-state index in [9.17, 15) is 4.39 Å². The van der Waals surface area contributed by atoms with Gasteiger partial charge in [0.05, 0.1) is 0 Å². The Morgan fingerprint density at radius 3 is 3.05 bits per heavy atom. The van der Waals surface area contributed by atoms with E-state index in [1.165, 1.54) is 18.6 Å². The third kappa shape index (κ3) is 3.59. The fourth-order valence-corrected chi connectivity index (χ4v) is 2.92. The fraction of sp³-hybridized carbons (Fsp3) is 0.533. The van der Waals surface area contributed by atoms with Gasteiger partial charge < -0.3 is 15.4 Å². The molecule has 3 rings (SSSR count). The van der Waals surface area contributed by atoms with Crippen molar-refractivity contribution in [3.05, 3.63) is 29.6 Å². The number of benzene rings is 1. The molecule has 1 aromatic carbocycles. The highest BCUT2D eigenvalue weighted by Gasteiger charge is 2.26. The summed E-state index contributed by atoms with van der Waals surface area (Å²) in [6.07, 6.45) is 2.38. The van der Waals surface area contributed by atoms with Gasteiger partial charge in [-0.1, -0.05) is 6.92 Å². The Bertz CT molecular complexity index is 538. The van der Waals surface area contributed by atoms with E-state index in [1.807, 2.05) is 0 Å². The lowest BCUT2D eigenvalue weighted by atomic mass is 10.0. The van der Waals surface area contributed by atoms with Crippen LogP contribution in [0, 0.1) is 11.7 Å². The van der Waals surface area contributed by atoms with Crippen molar-refractivity contribution < 1.29 is 9.13 Å². The van der Waals surface area contributed by atoms with E-state index in [2.05, 4.69) is 16.8 Å². The van der Waals surface area contributed by atoms with Crippen molar-refractivity contribution in [2.45, 2.75) is 25.8 Å². The number of nitrogens with two attached hydrogens (primary N) is 1. The van der Waals surface area contributed by atoms with Crippen LogP contribution < -0.4 is 10.5 Å². The zero-order valence-electron chi connectivity index (χ0n) is 12.1. The van der Waals surface area contributed by atoms with Gasteiger partial charge in [-0.15, -0.1) is 24.0 Å². The summed E-state index contributed by atoms with van der Waals surface area (Å²) >= 11 is 0. The molecule has 0 aliphatic carbocycles. The number of hydrogen-bond acceptors (Lipinski definition) is 2. The second-order valence-electron chi connectivity index (χ2n) is 5.69. The smallest absolute Gasteiger partial charge is 0.192 e. The molecule has 2 unspecified atom stereocenters. The van der Waals surface area contributed by atoms with Crippen molar-refractivity contribution in [3.63, 3.8) is 0 Å². The first-order valence-corrected chi connectivity index (χ1v) is 7.14. The van der Waals surface area contributed by atoms with Crippen LogP contribution in [0.3, 0.4) is 0 Å². The van der Waals surface area contributed by atoms with Gasteiger partial charge in [0, 0.05) is 18.7 Å². The van der Waals surface area contributed by atoms with Gasteiger partial charge in [-0.3, -0.25) is 0 Å². The molecule has 0 saturated carbocycles. The Balaban J connectivity index is 0.00000161. The van der Waals surface area contributed by atoms with Gasteiger partial charge in [0.1, 0.15) is 24.2 Å². The second kappa shape index (κ2) is 6.81. The highest BCUT2D eigenvalue weighted by Crippen LogP contribution is 2.35. The van der Waals surface area contributed by atoms with Crippen LogP contribution in [-0.4, -0.2) is 30.6 Å². The van der Waals surface area contributed by atoms with E-state index in [-0.39, 0.29) is 35.8 Å². The SMILES string of the molecule is CC1CCCN(C(N)=NC2COc3ccc(F)cc32)C1.I. The molecule has 2 aliphatic rings. The summed E-state index contributed by atoms with van der Waals surface area (Å²) in [6.45, 7) is 4.55. The molecule has 0 bridgehead atoms. The Kier molecular flexibility index (Phi) is 5.29. The quantitative estimate of drug-likeness (QED) is 0.444. The molecule has 116 valence electrons. The predicted octanol–water partition coefficient (Wildman–Crippen LogP) is 2.92. The van der Waals surface area contributed by atoms with Crippen LogP contribution in [0.2, 0.25) is 0 Å². The van der Waals surface area contributed by atoms with Crippen molar-refractivity contribution >= 4 is 29.9 Å². The first kappa shape index (κ1) is 16.3. The molecule has 0 amide bonds. The predicted molar refractivity (Wildman–Crippen MR) is 91.6 cm³/mol. The Morgan fingerprint density at radius 2 is 2.29 bits per heavy atom. The molecule has 1 fully saturated rings. The average Bonchev–Trinajstić information content (AvgIpc) is 2.81. The number of likely N-dealkylation sites (tertiary alicyclic amines) is 1. The largest absolute Gasteiger partial charge is 0.491 e. The minimum Gasteiger partial charge on any atom is -0.491 e. The summed E-state index contributed by atoms with van der Waals surface area (Å²) in [4.78, 5) is 6.66. The lowest BCUT2D eigenvalue weighted by Gasteiger charge is -2.32. The van der Waals surface area contributed by atoms with Gasteiger partial charge in [0.15, 0.2) is 5.96 Å². The van der Waals surface area contributed by atoms with Crippen LogP contribution in [0.5, 0.6) is 5.75 Å². The first-order chi connectivity index (χ1) is 9.63. The summed E-state index contributed by atoms with van der Waals surface area (Å²) in [5.74, 6) is 1.63. The van der Waals surface area contributed by atoms with Gasteiger partial charge in [-0.05, 0) is 37.0 Å². The number of fused-ring (bicyclic) bond motifs is 1. The molecule has 4 nitrogen and oxygen atoms in total. The average molecular weight is 405 g/mol. The van der Waals surface area contributed by atoms with Crippen molar-refractivity contribution in [2.24, 2.45) is 16.6 Å². The number of nitrogens with zero attached hydrogens (tertiary/aromatic N) is 2. The van der Waals surface area contributed by atoms with Crippen LogP contribution >= 0.6 is 24.0 Å². The normalized spacial score (nSPS) is 25.0. The molecular weight excluding hydrogens is 384 g/mol. The number of rotatable bonds is 1. The van der Waals surface area contributed by atoms with E-state index in [1.54, 1.807) is 6.07 Å². The molecule has 2 aliphatic heterocycles. The number of halogens is 2. The lowest BCUT2D eigenvalue weighted by Crippen LogP contribution is -2.43. The molecule has 1 aromatic rings. The monoisotopic (exact) mass is 405 g/mol. The molecule has 0 spiro atoms. The van der Waals surface area contributed by atoms with Crippen LogP contribution in [-0.2, 0) is 0 Å². The fourth-order valence-electron chi connectivity index (χ4n) is 2.92. The summed E-state index contributed by atoms with van der Waals surface area (Å²) in [5, 5.41) is 0. The maximum atomic E-state index is 13.3. The zero-order chi connectivity index (χ0) is 14.1. The van der Waals surface area contributed by atoms with E-state index in [0.29, 0.717) is 24.2 Å². The highest BCUT2D eigenvalue weighted by atomic mass is 127.